The molecule has 2 aromatic carbocycles. The first-order chi connectivity index (χ1) is 15.4. The predicted molar refractivity (Wildman–Crippen MR) is 118 cm³/mol. The van der Waals surface area contributed by atoms with E-state index in [1.807, 2.05) is 30.3 Å². The first-order valence-electron chi connectivity index (χ1n) is 11.1. The van der Waals surface area contributed by atoms with Gasteiger partial charge in [0.05, 0.1) is 11.3 Å². The Bertz CT molecular complexity index is 989. The van der Waals surface area contributed by atoms with E-state index in [-0.39, 0.29) is 11.5 Å². The highest BCUT2D eigenvalue weighted by Crippen LogP contribution is 2.43. The van der Waals surface area contributed by atoms with E-state index in [1.54, 1.807) is 0 Å². The van der Waals surface area contributed by atoms with Gasteiger partial charge in [-0.15, -0.1) is 0 Å². The lowest BCUT2D eigenvalue weighted by Gasteiger charge is -2.37. The van der Waals surface area contributed by atoms with Crippen molar-refractivity contribution in [3.63, 3.8) is 0 Å². The molecule has 7 heteroatoms. The van der Waals surface area contributed by atoms with Crippen LogP contribution in [0.2, 0.25) is 0 Å². The summed E-state index contributed by atoms with van der Waals surface area (Å²) in [4.78, 5) is 14.9. The van der Waals surface area contributed by atoms with Crippen molar-refractivity contribution in [2.45, 2.75) is 50.7 Å². The van der Waals surface area contributed by atoms with Crippen LogP contribution in [0.4, 0.5) is 13.2 Å². The topological polar surface area (TPSA) is 35.9 Å². The van der Waals surface area contributed by atoms with Crippen molar-refractivity contribution in [1.82, 2.24) is 9.91 Å². The Morgan fingerprint density at radius 1 is 1.12 bits per heavy atom. The van der Waals surface area contributed by atoms with Crippen LogP contribution in [0.15, 0.2) is 53.6 Å². The minimum atomic E-state index is -0.778. The SMILES string of the molecule is CC(=O)N1N=C(c2cc(F)ccc2F)C[C@]1(CCCN1CCC(F)CC1)c1ccccc1. The number of carbonyl (C=O) groups is 1. The molecule has 1 amide bonds. The fourth-order valence-corrected chi connectivity index (χ4v) is 4.87. The number of piperidine rings is 1. The van der Waals surface area contributed by atoms with Crippen molar-refractivity contribution in [2.24, 2.45) is 5.10 Å². The number of hydrogen-bond acceptors (Lipinski definition) is 3. The zero-order valence-electron chi connectivity index (χ0n) is 18.2. The number of hydrazone groups is 1. The summed E-state index contributed by atoms with van der Waals surface area (Å²) in [5, 5.41) is 5.94. The summed E-state index contributed by atoms with van der Waals surface area (Å²) < 4.78 is 41.9. The van der Waals surface area contributed by atoms with Crippen LogP contribution < -0.4 is 0 Å². The summed E-state index contributed by atoms with van der Waals surface area (Å²) in [5.74, 6) is -1.36. The minimum absolute atomic E-state index is 0.0825. The molecule has 0 unspecified atom stereocenters. The Morgan fingerprint density at radius 3 is 2.53 bits per heavy atom. The van der Waals surface area contributed by atoms with Crippen LogP contribution >= 0.6 is 0 Å². The molecule has 0 saturated carbocycles. The molecule has 1 fully saturated rings. The molecule has 170 valence electrons. The fraction of sp³-hybridized carbons (Fsp3) is 0.440. The van der Waals surface area contributed by atoms with Crippen LogP contribution in [0.3, 0.4) is 0 Å². The summed E-state index contributed by atoms with van der Waals surface area (Å²) in [6, 6.07) is 12.9. The Balaban J connectivity index is 1.63. The van der Waals surface area contributed by atoms with E-state index in [0.29, 0.717) is 31.4 Å². The second-order valence-electron chi connectivity index (χ2n) is 8.70. The van der Waals surface area contributed by atoms with E-state index in [0.717, 1.165) is 49.8 Å². The normalized spacial score (nSPS) is 22.2. The number of alkyl halides is 1. The third kappa shape index (κ3) is 4.58. The second-order valence-corrected chi connectivity index (χ2v) is 8.70. The molecule has 0 aliphatic carbocycles. The monoisotopic (exact) mass is 443 g/mol. The van der Waals surface area contributed by atoms with E-state index in [1.165, 1.54) is 11.9 Å². The lowest BCUT2D eigenvalue weighted by Crippen LogP contribution is -2.43. The molecule has 2 aromatic rings. The van der Waals surface area contributed by atoms with Gasteiger partial charge in [-0.1, -0.05) is 30.3 Å². The number of hydrogen-bond donors (Lipinski definition) is 0. The van der Waals surface area contributed by atoms with Crippen molar-refractivity contribution in [3.8, 4) is 0 Å². The minimum Gasteiger partial charge on any atom is -0.303 e. The molecular weight excluding hydrogens is 415 g/mol. The van der Waals surface area contributed by atoms with Crippen molar-refractivity contribution in [3.05, 3.63) is 71.3 Å². The van der Waals surface area contributed by atoms with E-state index < -0.39 is 23.3 Å². The number of nitrogens with zero attached hydrogens (tertiary/aromatic N) is 3. The number of carbonyl (C=O) groups excluding carboxylic acids is 1. The zero-order valence-corrected chi connectivity index (χ0v) is 18.2. The largest absolute Gasteiger partial charge is 0.303 e. The highest BCUT2D eigenvalue weighted by Gasteiger charge is 2.46. The van der Waals surface area contributed by atoms with Crippen LogP contribution in [0.5, 0.6) is 0 Å². The van der Waals surface area contributed by atoms with Crippen LogP contribution in [0.25, 0.3) is 0 Å². The Morgan fingerprint density at radius 2 is 1.84 bits per heavy atom. The summed E-state index contributed by atoms with van der Waals surface area (Å²) in [6.45, 7) is 3.69. The lowest BCUT2D eigenvalue weighted by atomic mass is 9.80. The maximum absolute atomic E-state index is 14.5. The van der Waals surface area contributed by atoms with Crippen LogP contribution in [0.1, 0.15) is 50.2 Å². The van der Waals surface area contributed by atoms with Crippen LogP contribution in [-0.2, 0) is 10.3 Å². The van der Waals surface area contributed by atoms with Gasteiger partial charge >= 0.3 is 0 Å². The molecule has 0 radical (unpaired) electrons. The van der Waals surface area contributed by atoms with E-state index in [2.05, 4.69) is 10.0 Å². The fourth-order valence-electron chi connectivity index (χ4n) is 4.87. The highest BCUT2D eigenvalue weighted by atomic mass is 19.1. The Labute approximate surface area is 186 Å². The van der Waals surface area contributed by atoms with Crippen LogP contribution in [-0.4, -0.2) is 47.3 Å². The maximum Gasteiger partial charge on any atom is 0.240 e. The Hall–Kier alpha value is -2.67. The molecule has 1 saturated heterocycles. The van der Waals surface area contributed by atoms with Crippen molar-refractivity contribution in [2.75, 3.05) is 19.6 Å². The Kier molecular flexibility index (Phi) is 6.65. The van der Waals surface area contributed by atoms with Gasteiger partial charge in [0, 0.05) is 32.0 Å². The van der Waals surface area contributed by atoms with Gasteiger partial charge in [-0.05, 0) is 56.0 Å². The molecule has 0 N–H and O–H groups in total. The highest BCUT2D eigenvalue weighted by molar-refractivity contribution is 6.03. The van der Waals surface area contributed by atoms with Gasteiger partial charge in [-0.2, -0.15) is 5.10 Å². The number of benzene rings is 2. The third-order valence-electron chi connectivity index (χ3n) is 6.52. The number of likely N-dealkylation sites (tertiary alicyclic amines) is 1. The smallest absolute Gasteiger partial charge is 0.240 e. The molecular formula is C25H28F3N3O. The van der Waals surface area contributed by atoms with Gasteiger partial charge in [-0.25, -0.2) is 18.2 Å². The number of halogens is 3. The van der Waals surface area contributed by atoms with E-state index in [9.17, 15) is 18.0 Å². The number of rotatable bonds is 6. The third-order valence-corrected chi connectivity index (χ3v) is 6.52. The molecule has 0 spiro atoms. The van der Waals surface area contributed by atoms with Gasteiger partial charge in [0.25, 0.3) is 0 Å². The van der Waals surface area contributed by atoms with E-state index >= 15 is 0 Å². The first kappa shape index (κ1) is 22.5. The average Bonchev–Trinajstić information content (AvgIpc) is 3.18. The predicted octanol–water partition coefficient (Wildman–Crippen LogP) is 5.03. The van der Waals surface area contributed by atoms with Crippen molar-refractivity contribution < 1.29 is 18.0 Å². The maximum atomic E-state index is 14.5. The summed E-state index contributed by atoms with van der Waals surface area (Å²) in [6.07, 6.45) is 2.05. The van der Waals surface area contributed by atoms with Gasteiger partial charge in [0.2, 0.25) is 5.91 Å². The quantitative estimate of drug-likeness (QED) is 0.628. The summed E-state index contributed by atoms with van der Waals surface area (Å²) >= 11 is 0. The number of amides is 1. The van der Waals surface area contributed by atoms with Crippen molar-refractivity contribution >= 4 is 11.6 Å². The molecule has 1 atom stereocenters. The first-order valence-corrected chi connectivity index (χ1v) is 11.1. The molecule has 0 aromatic heterocycles. The summed E-state index contributed by atoms with van der Waals surface area (Å²) in [7, 11) is 0. The lowest BCUT2D eigenvalue weighted by molar-refractivity contribution is -0.135. The molecule has 32 heavy (non-hydrogen) atoms. The standard InChI is InChI=1S/C25H28F3N3O/c1-18(32)31-25(19-6-3-2-4-7-19,12-5-13-30-14-10-20(26)11-15-30)17-24(29-31)22-16-21(27)8-9-23(22)28/h2-4,6-9,16,20H,5,10-15,17H2,1H3/t25-/m1/s1. The van der Waals surface area contributed by atoms with E-state index in [4.69, 9.17) is 0 Å². The van der Waals surface area contributed by atoms with Gasteiger partial charge in [0.15, 0.2) is 0 Å². The van der Waals surface area contributed by atoms with Gasteiger partial charge < -0.3 is 4.90 Å². The van der Waals surface area contributed by atoms with Crippen molar-refractivity contribution in [1.29, 1.82) is 0 Å². The van der Waals surface area contributed by atoms with Crippen LogP contribution in [0, 0.1) is 11.6 Å². The molecule has 4 nitrogen and oxygen atoms in total. The molecule has 2 heterocycles. The zero-order chi connectivity index (χ0) is 22.7. The molecule has 0 bridgehead atoms. The van der Waals surface area contributed by atoms with Gasteiger partial charge in [-0.3, -0.25) is 4.79 Å². The summed E-state index contributed by atoms with van der Waals surface area (Å²) in [5.41, 5.74) is 0.575. The molecule has 4 rings (SSSR count). The molecule has 2 aliphatic heterocycles. The molecule has 2 aliphatic rings. The van der Waals surface area contributed by atoms with Gasteiger partial charge in [0.1, 0.15) is 17.8 Å². The average molecular weight is 444 g/mol. The second kappa shape index (κ2) is 9.45.